The normalized spacial score (nSPS) is 10.0. The van der Waals surface area contributed by atoms with Crippen LogP contribution >= 0.6 is 12.4 Å². The van der Waals surface area contributed by atoms with Crippen LogP contribution in [0.3, 0.4) is 0 Å². The van der Waals surface area contributed by atoms with Gasteiger partial charge in [0.05, 0.1) is 5.69 Å². The zero-order chi connectivity index (χ0) is 20.4. The van der Waals surface area contributed by atoms with Crippen molar-refractivity contribution in [2.24, 2.45) is 0 Å². The number of carboxylic acid groups (broad SMARTS) is 1. The van der Waals surface area contributed by atoms with Gasteiger partial charge >= 0.3 is 5.97 Å². The van der Waals surface area contributed by atoms with Crippen LogP contribution in [0.5, 0.6) is 0 Å². The highest BCUT2D eigenvalue weighted by molar-refractivity contribution is 5.85. The molecule has 0 fully saturated rings. The van der Waals surface area contributed by atoms with Gasteiger partial charge in [0.25, 0.3) is 5.97 Å². The molecule has 3 aromatic rings. The maximum absolute atomic E-state index is 12.7. The summed E-state index contributed by atoms with van der Waals surface area (Å²) in [4.78, 5) is 25.9. The number of benzene rings is 2. The van der Waals surface area contributed by atoms with Crippen LogP contribution in [0.25, 0.3) is 0 Å². The lowest BCUT2D eigenvalue weighted by Crippen LogP contribution is -2.38. The fourth-order valence-electron chi connectivity index (χ4n) is 2.49. The van der Waals surface area contributed by atoms with E-state index in [2.05, 4.69) is 4.98 Å². The van der Waals surface area contributed by atoms with Gasteiger partial charge < -0.3 is 14.9 Å². The number of ether oxygens (including phenoxy) is 1. The molecular weight excluding hydrogens is 394 g/mol. The Bertz CT molecular complexity index is 845. The molecular formula is C22H22ClNO5. The first-order valence-electron chi connectivity index (χ1n) is 8.54. The van der Waals surface area contributed by atoms with Crippen LogP contribution in [-0.4, -0.2) is 27.1 Å². The first kappa shape index (κ1) is 23.8. The monoisotopic (exact) mass is 415 g/mol. The molecule has 0 aliphatic heterocycles. The number of halogens is 1. The first-order valence-corrected chi connectivity index (χ1v) is 8.54. The van der Waals surface area contributed by atoms with E-state index in [1.165, 1.54) is 0 Å². The largest absolute Gasteiger partial charge is 0.481 e. The minimum absolute atomic E-state index is 0. The number of carbonyl (C=O) groups is 2. The summed E-state index contributed by atoms with van der Waals surface area (Å²) in [5, 5.41) is 18.6. The van der Waals surface area contributed by atoms with Crippen LogP contribution in [0.2, 0.25) is 0 Å². The average Bonchev–Trinajstić information content (AvgIpc) is 2.73. The van der Waals surface area contributed by atoms with E-state index in [-0.39, 0.29) is 19.0 Å². The summed E-state index contributed by atoms with van der Waals surface area (Å²) in [6.45, 7) is 1.08. The first-order chi connectivity index (χ1) is 13.4. The van der Waals surface area contributed by atoms with Crippen LogP contribution in [0, 0.1) is 0 Å². The van der Waals surface area contributed by atoms with Gasteiger partial charge in [-0.3, -0.25) is 9.78 Å². The summed E-state index contributed by atoms with van der Waals surface area (Å²) in [5.41, 5.74) is -0.323. The van der Waals surface area contributed by atoms with Crippen molar-refractivity contribution < 1.29 is 24.5 Å². The van der Waals surface area contributed by atoms with Gasteiger partial charge in [0, 0.05) is 13.1 Å². The number of aliphatic carboxylic acids is 1. The van der Waals surface area contributed by atoms with E-state index in [0.29, 0.717) is 16.8 Å². The van der Waals surface area contributed by atoms with Crippen molar-refractivity contribution in [1.29, 1.82) is 0 Å². The Morgan fingerprint density at radius 1 is 0.897 bits per heavy atom. The van der Waals surface area contributed by atoms with E-state index in [4.69, 9.17) is 14.6 Å². The highest BCUT2D eigenvalue weighted by atomic mass is 35.5. The molecule has 0 saturated heterocycles. The highest BCUT2D eigenvalue weighted by Crippen LogP contribution is 2.31. The molecule has 7 heteroatoms. The van der Waals surface area contributed by atoms with Crippen LogP contribution < -0.4 is 0 Å². The summed E-state index contributed by atoms with van der Waals surface area (Å²) in [6.07, 6.45) is 1.63. The van der Waals surface area contributed by atoms with Crippen molar-refractivity contribution in [3.05, 3.63) is 102 Å². The number of esters is 1. The minimum Gasteiger partial charge on any atom is -0.481 e. The summed E-state index contributed by atoms with van der Waals surface area (Å²) in [5.74, 6) is -1.56. The highest BCUT2D eigenvalue weighted by Gasteiger charge is 2.41. The fourth-order valence-corrected chi connectivity index (χ4v) is 2.49. The SMILES string of the molecule is CC(=O)O.Cl.O=C(OCc1ccccn1)C(O)(c1ccccc1)c1ccccc1. The second kappa shape index (κ2) is 11.6. The van der Waals surface area contributed by atoms with Gasteiger partial charge in [0.15, 0.2) is 0 Å². The topological polar surface area (TPSA) is 96.7 Å². The number of aliphatic hydroxyl groups is 1. The molecule has 0 saturated carbocycles. The van der Waals surface area contributed by atoms with Crippen LogP contribution in [0.15, 0.2) is 85.1 Å². The number of aromatic nitrogens is 1. The Kier molecular flexibility index (Phi) is 9.51. The molecule has 0 radical (unpaired) electrons. The van der Waals surface area contributed by atoms with Crippen molar-refractivity contribution in [2.75, 3.05) is 0 Å². The van der Waals surface area contributed by atoms with Gasteiger partial charge in [-0.05, 0) is 23.3 Å². The van der Waals surface area contributed by atoms with Crippen LogP contribution in [-0.2, 0) is 26.5 Å². The second-order valence-electron chi connectivity index (χ2n) is 5.86. The van der Waals surface area contributed by atoms with Gasteiger partial charge in [-0.1, -0.05) is 66.7 Å². The zero-order valence-corrected chi connectivity index (χ0v) is 16.6. The Hall–Kier alpha value is -3.22. The number of hydrogen-bond donors (Lipinski definition) is 2. The maximum atomic E-state index is 12.7. The number of hydrogen-bond acceptors (Lipinski definition) is 5. The molecule has 2 N–H and O–H groups in total. The average molecular weight is 416 g/mol. The van der Waals surface area contributed by atoms with Crippen molar-refractivity contribution in [2.45, 2.75) is 19.1 Å². The number of nitrogens with zero attached hydrogens (tertiary/aromatic N) is 1. The third-order valence-electron chi connectivity index (χ3n) is 3.76. The van der Waals surface area contributed by atoms with Crippen molar-refractivity contribution in [1.82, 2.24) is 4.98 Å². The number of carboxylic acids is 1. The Labute approximate surface area is 175 Å². The van der Waals surface area contributed by atoms with Crippen molar-refractivity contribution in [3.63, 3.8) is 0 Å². The Morgan fingerprint density at radius 2 is 1.34 bits per heavy atom. The number of carbonyl (C=O) groups excluding carboxylic acids is 1. The van der Waals surface area contributed by atoms with E-state index in [1.807, 2.05) is 18.2 Å². The predicted octanol–water partition coefficient (Wildman–Crippen LogP) is 3.57. The Morgan fingerprint density at radius 3 is 1.76 bits per heavy atom. The minimum atomic E-state index is -1.86. The molecule has 152 valence electrons. The lowest BCUT2D eigenvalue weighted by atomic mass is 9.86. The molecule has 29 heavy (non-hydrogen) atoms. The Balaban J connectivity index is 0.000000771. The summed E-state index contributed by atoms with van der Waals surface area (Å²) in [7, 11) is 0. The maximum Gasteiger partial charge on any atom is 0.348 e. The molecule has 0 spiro atoms. The zero-order valence-electron chi connectivity index (χ0n) is 15.8. The van der Waals surface area contributed by atoms with E-state index >= 15 is 0 Å². The standard InChI is InChI=1S/C20H17NO3.C2H4O2.ClH/c22-19(24-15-18-13-7-8-14-21-18)20(23,16-9-3-1-4-10-16)17-11-5-2-6-12-17;1-2(3)4;/h1-14,23H,15H2;1H3,(H,3,4);1H. The van der Waals surface area contributed by atoms with Gasteiger partial charge in [0.2, 0.25) is 5.60 Å². The molecule has 1 heterocycles. The third-order valence-corrected chi connectivity index (χ3v) is 3.76. The third kappa shape index (κ3) is 6.71. The summed E-state index contributed by atoms with van der Waals surface area (Å²) >= 11 is 0. The molecule has 0 unspecified atom stereocenters. The molecule has 0 aliphatic carbocycles. The molecule has 0 aliphatic rings. The van der Waals surface area contributed by atoms with E-state index < -0.39 is 17.5 Å². The molecule has 3 rings (SSSR count). The number of pyridine rings is 1. The molecule has 0 bridgehead atoms. The van der Waals surface area contributed by atoms with Crippen molar-refractivity contribution >= 4 is 24.3 Å². The van der Waals surface area contributed by atoms with Gasteiger partial charge in [-0.15, -0.1) is 12.4 Å². The lowest BCUT2D eigenvalue weighted by molar-refractivity contribution is -0.163. The number of rotatable bonds is 5. The molecule has 1 aromatic heterocycles. The molecule has 0 atom stereocenters. The van der Waals surface area contributed by atoms with E-state index in [1.54, 1.807) is 66.9 Å². The van der Waals surface area contributed by atoms with Gasteiger partial charge in [-0.2, -0.15) is 0 Å². The predicted molar refractivity (Wildman–Crippen MR) is 110 cm³/mol. The van der Waals surface area contributed by atoms with Crippen LogP contribution in [0.1, 0.15) is 23.7 Å². The molecule has 2 aromatic carbocycles. The van der Waals surface area contributed by atoms with E-state index in [0.717, 1.165) is 6.92 Å². The fraction of sp³-hybridized carbons (Fsp3) is 0.136. The lowest BCUT2D eigenvalue weighted by Gasteiger charge is -2.27. The van der Waals surface area contributed by atoms with E-state index in [9.17, 15) is 9.90 Å². The quantitative estimate of drug-likeness (QED) is 0.618. The molecule has 6 nitrogen and oxygen atoms in total. The van der Waals surface area contributed by atoms with Crippen LogP contribution in [0.4, 0.5) is 0 Å². The van der Waals surface area contributed by atoms with Crippen molar-refractivity contribution in [3.8, 4) is 0 Å². The van der Waals surface area contributed by atoms with Gasteiger partial charge in [0.1, 0.15) is 6.61 Å². The second-order valence-corrected chi connectivity index (χ2v) is 5.86. The smallest absolute Gasteiger partial charge is 0.348 e. The molecule has 0 amide bonds. The summed E-state index contributed by atoms with van der Waals surface area (Å²) < 4.78 is 5.35. The summed E-state index contributed by atoms with van der Waals surface area (Å²) in [6, 6.07) is 22.9. The van der Waals surface area contributed by atoms with Gasteiger partial charge in [-0.25, -0.2) is 4.79 Å².